The molecule has 1 aliphatic rings. The van der Waals surface area contributed by atoms with E-state index < -0.39 is 0 Å². The summed E-state index contributed by atoms with van der Waals surface area (Å²) in [6, 6.07) is 11.4. The number of hydrogen-bond donors (Lipinski definition) is 1. The topological polar surface area (TPSA) is 45.5 Å². The zero-order valence-electron chi connectivity index (χ0n) is 12.8. The fourth-order valence-corrected chi connectivity index (χ4v) is 3.51. The third-order valence-electron chi connectivity index (χ3n) is 3.82. The molecule has 1 fully saturated rings. The standard InChI is InChI=1S/C16H16Cl2N4OS/c17-12-10-14(18)15(22(23)11-12)20-6-8-21(9-7-20)16(24)19-13-4-2-1-3-5-13/h1-5,10-11H,6-9H2,(H,19,24). The lowest BCUT2D eigenvalue weighted by Crippen LogP contribution is -2.52. The predicted octanol–water partition coefficient (Wildman–Crippen LogP) is 3.15. The number of aromatic nitrogens is 1. The van der Waals surface area contributed by atoms with E-state index in [0.29, 0.717) is 47.2 Å². The Hall–Kier alpha value is -1.76. The molecule has 0 radical (unpaired) electrons. The quantitative estimate of drug-likeness (QED) is 0.491. The normalized spacial score (nSPS) is 14.6. The van der Waals surface area contributed by atoms with Crippen LogP contribution in [-0.4, -0.2) is 36.2 Å². The molecule has 2 heterocycles. The molecule has 0 aliphatic carbocycles. The highest BCUT2D eigenvalue weighted by atomic mass is 35.5. The lowest BCUT2D eigenvalue weighted by Gasteiger charge is -2.34. The summed E-state index contributed by atoms with van der Waals surface area (Å²) in [6.45, 7) is 2.72. The Kier molecular flexibility index (Phi) is 5.28. The van der Waals surface area contributed by atoms with Gasteiger partial charge in [0, 0.05) is 5.69 Å². The molecule has 8 heteroatoms. The molecule has 5 nitrogen and oxygen atoms in total. The summed E-state index contributed by atoms with van der Waals surface area (Å²) in [6.07, 6.45) is 1.32. The monoisotopic (exact) mass is 382 g/mol. The van der Waals surface area contributed by atoms with Crippen LogP contribution in [0.1, 0.15) is 0 Å². The van der Waals surface area contributed by atoms with Gasteiger partial charge >= 0.3 is 0 Å². The van der Waals surface area contributed by atoms with Crippen molar-refractivity contribution in [2.75, 3.05) is 36.4 Å². The van der Waals surface area contributed by atoms with Crippen molar-refractivity contribution in [3.8, 4) is 0 Å². The number of anilines is 2. The average Bonchev–Trinajstić information content (AvgIpc) is 2.55. The van der Waals surface area contributed by atoms with E-state index in [1.807, 2.05) is 35.2 Å². The first-order chi connectivity index (χ1) is 11.5. The third-order valence-corrected chi connectivity index (χ3v) is 4.66. The third kappa shape index (κ3) is 3.83. The molecule has 1 aliphatic heterocycles. The minimum Gasteiger partial charge on any atom is -0.711 e. The number of thiocarbonyl (C=S) groups is 1. The van der Waals surface area contributed by atoms with E-state index in [4.69, 9.17) is 35.4 Å². The van der Waals surface area contributed by atoms with E-state index in [0.717, 1.165) is 10.4 Å². The van der Waals surface area contributed by atoms with E-state index in [-0.39, 0.29) is 0 Å². The maximum Gasteiger partial charge on any atom is 0.298 e. The molecular formula is C16H16Cl2N4OS. The molecule has 1 N–H and O–H groups in total. The highest BCUT2D eigenvalue weighted by molar-refractivity contribution is 7.80. The van der Waals surface area contributed by atoms with Crippen LogP contribution in [0.3, 0.4) is 0 Å². The Morgan fingerprint density at radius 2 is 1.79 bits per heavy atom. The van der Waals surface area contributed by atoms with Gasteiger partial charge in [-0.25, -0.2) is 4.73 Å². The van der Waals surface area contributed by atoms with E-state index >= 15 is 0 Å². The number of piperazine rings is 1. The fraction of sp³-hybridized carbons (Fsp3) is 0.250. The van der Waals surface area contributed by atoms with Crippen molar-refractivity contribution in [1.29, 1.82) is 0 Å². The number of para-hydroxylation sites is 1. The summed E-state index contributed by atoms with van der Waals surface area (Å²) in [4.78, 5) is 4.03. The van der Waals surface area contributed by atoms with Crippen LogP contribution in [0.2, 0.25) is 10.0 Å². The first-order valence-electron chi connectivity index (χ1n) is 7.49. The van der Waals surface area contributed by atoms with Crippen molar-refractivity contribution in [2.24, 2.45) is 0 Å². The Labute approximate surface area is 156 Å². The molecule has 0 amide bonds. The predicted molar refractivity (Wildman–Crippen MR) is 102 cm³/mol. The van der Waals surface area contributed by atoms with E-state index in [9.17, 15) is 5.21 Å². The fourth-order valence-electron chi connectivity index (χ4n) is 2.64. The van der Waals surface area contributed by atoms with Gasteiger partial charge < -0.3 is 15.4 Å². The Balaban J connectivity index is 1.63. The summed E-state index contributed by atoms with van der Waals surface area (Å²) in [5, 5.41) is 16.7. The second kappa shape index (κ2) is 7.42. The molecular weight excluding hydrogens is 367 g/mol. The van der Waals surface area contributed by atoms with Crippen LogP contribution in [0.4, 0.5) is 11.5 Å². The molecule has 2 aromatic rings. The molecule has 3 rings (SSSR count). The smallest absolute Gasteiger partial charge is 0.298 e. The van der Waals surface area contributed by atoms with E-state index in [1.54, 1.807) is 6.07 Å². The maximum atomic E-state index is 12.1. The number of rotatable bonds is 2. The highest BCUT2D eigenvalue weighted by Gasteiger charge is 2.28. The second-order valence-corrected chi connectivity index (χ2v) is 6.66. The number of benzene rings is 1. The highest BCUT2D eigenvalue weighted by Crippen LogP contribution is 2.25. The van der Waals surface area contributed by atoms with Gasteiger partial charge in [-0.15, -0.1) is 0 Å². The van der Waals surface area contributed by atoms with Crippen LogP contribution in [0.5, 0.6) is 0 Å². The van der Waals surface area contributed by atoms with Gasteiger partial charge in [0.05, 0.1) is 18.1 Å². The Morgan fingerprint density at radius 1 is 1.12 bits per heavy atom. The van der Waals surface area contributed by atoms with Crippen molar-refractivity contribution in [2.45, 2.75) is 0 Å². The molecule has 0 unspecified atom stereocenters. The van der Waals surface area contributed by atoms with Crippen LogP contribution in [0, 0.1) is 5.21 Å². The minimum absolute atomic E-state index is 0.325. The van der Waals surface area contributed by atoms with Crippen LogP contribution < -0.4 is 14.9 Å². The van der Waals surface area contributed by atoms with Crippen LogP contribution in [-0.2, 0) is 0 Å². The molecule has 0 saturated carbocycles. The van der Waals surface area contributed by atoms with Crippen molar-refractivity contribution in [3.63, 3.8) is 0 Å². The molecule has 0 bridgehead atoms. The van der Waals surface area contributed by atoms with Crippen LogP contribution in [0.15, 0.2) is 42.6 Å². The van der Waals surface area contributed by atoms with E-state index in [1.165, 1.54) is 6.20 Å². The number of nitrogens with zero attached hydrogens (tertiary/aromatic N) is 3. The summed E-state index contributed by atoms with van der Waals surface area (Å²) in [5.41, 5.74) is 0.961. The molecule has 1 aromatic heterocycles. The number of halogens is 2. The van der Waals surface area contributed by atoms with Gasteiger partial charge in [0.2, 0.25) is 0 Å². The Morgan fingerprint density at radius 3 is 2.42 bits per heavy atom. The van der Waals surface area contributed by atoms with Crippen molar-refractivity contribution in [3.05, 3.63) is 57.8 Å². The van der Waals surface area contributed by atoms with Gasteiger partial charge in [-0.1, -0.05) is 41.4 Å². The van der Waals surface area contributed by atoms with E-state index in [2.05, 4.69) is 10.2 Å². The van der Waals surface area contributed by atoms with Gasteiger partial charge in [-0.05, 0) is 30.4 Å². The average molecular weight is 383 g/mol. The molecule has 126 valence electrons. The zero-order chi connectivity index (χ0) is 17.1. The number of hydrogen-bond acceptors (Lipinski definition) is 3. The summed E-state index contributed by atoms with van der Waals surface area (Å²) >= 11 is 17.5. The van der Waals surface area contributed by atoms with Crippen LogP contribution >= 0.6 is 35.4 Å². The first kappa shape index (κ1) is 17.1. The van der Waals surface area contributed by atoms with Gasteiger partial charge in [-0.3, -0.25) is 4.90 Å². The summed E-state index contributed by atoms with van der Waals surface area (Å²) in [7, 11) is 0. The lowest BCUT2D eigenvalue weighted by molar-refractivity contribution is -0.592. The molecule has 1 aromatic carbocycles. The molecule has 0 spiro atoms. The zero-order valence-corrected chi connectivity index (χ0v) is 15.1. The van der Waals surface area contributed by atoms with Gasteiger partial charge in [-0.2, -0.15) is 0 Å². The molecule has 24 heavy (non-hydrogen) atoms. The van der Waals surface area contributed by atoms with Crippen molar-refractivity contribution >= 4 is 52.0 Å². The maximum absolute atomic E-state index is 12.1. The number of nitrogens with one attached hydrogen (secondary N) is 1. The van der Waals surface area contributed by atoms with Gasteiger partial charge in [0.1, 0.15) is 24.3 Å². The second-order valence-electron chi connectivity index (χ2n) is 5.43. The first-order valence-corrected chi connectivity index (χ1v) is 8.65. The lowest BCUT2D eigenvalue weighted by atomic mass is 10.3. The number of pyridine rings is 1. The largest absolute Gasteiger partial charge is 0.711 e. The van der Waals surface area contributed by atoms with Gasteiger partial charge in [0.25, 0.3) is 5.82 Å². The van der Waals surface area contributed by atoms with Crippen molar-refractivity contribution in [1.82, 2.24) is 4.90 Å². The van der Waals surface area contributed by atoms with Crippen LogP contribution in [0.25, 0.3) is 0 Å². The molecule has 0 atom stereocenters. The summed E-state index contributed by atoms with van der Waals surface area (Å²) in [5.74, 6) is 0.433. The SMILES string of the molecule is [O-][n+]1cc(Cl)cc(Cl)c1N1CCN(C(=S)Nc2ccccc2)CC1. The Bertz CT molecular complexity index is 713. The van der Waals surface area contributed by atoms with Gasteiger partial charge in [0.15, 0.2) is 5.11 Å². The minimum atomic E-state index is 0.325. The van der Waals surface area contributed by atoms with Crippen molar-refractivity contribution < 1.29 is 4.73 Å². The molecule has 1 saturated heterocycles. The summed E-state index contributed by atoms with van der Waals surface area (Å²) < 4.78 is 0.723.